The summed E-state index contributed by atoms with van der Waals surface area (Å²) in [5.74, 6) is 1.09. The van der Waals surface area contributed by atoms with Gasteiger partial charge in [-0.05, 0) is 25.0 Å². The average Bonchev–Trinajstić information content (AvgIpc) is 3.02. The topological polar surface area (TPSA) is 46.0 Å². The van der Waals surface area contributed by atoms with E-state index < -0.39 is 0 Å². The number of aromatic nitrogens is 3. The molecule has 0 aliphatic carbocycles. The SMILES string of the molecule is C=Cn1cc(CNC2CCN(c3ccccn3)CC2)cn1. The van der Waals surface area contributed by atoms with Gasteiger partial charge in [0, 0.05) is 49.8 Å². The first-order valence-corrected chi connectivity index (χ1v) is 7.40. The lowest BCUT2D eigenvalue weighted by atomic mass is 10.0. The van der Waals surface area contributed by atoms with Crippen molar-refractivity contribution in [2.75, 3.05) is 18.0 Å². The maximum atomic E-state index is 4.42. The van der Waals surface area contributed by atoms with E-state index in [-0.39, 0.29) is 0 Å². The second-order valence-corrected chi connectivity index (χ2v) is 5.34. The van der Waals surface area contributed by atoms with Gasteiger partial charge in [-0.2, -0.15) is 5.10 Å². The molecule has 0 radical (unpaired) electrons. The maximum absolute atomic E-state index is 4.42. The number of pyridine rings is 1. The van der Waals surface area contributed by atoms with Crippen molar-refractivity contribution in [1.29, 1.82) is 0 Å². The number of hydrogen-bond acceptors (Lipinski definition) is 4. The molecule has 5 heteroatoms. The number of piperidine rings is 1. The van der Waals surface area contributed by atoms with E-state index in [4.69, 9.17) is 0 Å². The van der Waals surface area contributed by atoms with E-state index in [1.165, 1.54) is 5.56 Å². The van der Waals surface area contributed by atoms with Crippen LogP contribution in [0.1, 0.15) is 18.4 Å². The fourth-order valence-electron chi connectivity index (χ4n) is 2.68. The Balaban J connectivity index is 1.46. The lowest BCUT2D eigenvalue weighted by Gasteiger charge is -2.33. The molecule has 2 aromatic heterocycles. The molecule has 1 aliphatic rings. The Morgan fingerprint density at radius 1 is 1.33 bits per heavy atom. The average molecular weight is 283 g/mol. The summed E-state index contributed by atoms with van der Waals surface area (Å²) < 4.78 is 1.74. The zero-order valence-corrected chi connectivity index (χ0v) is 12.2. The van der Waals surface area contributed by atoms with Crippen molar-refractivity contribution in [3.05, 3.63) is 48.9 Å². The summed E-state index contributed by atoms with van der Waals surface area (Å²) in [4.78, 5) is 6.77. The molecule has 0 saturated carbocycles. The largest absolute Gasteiger partial charge is 0.357 e. The van der Waals surface area contributed by atoms with E-state index in [2.05, 4.69) is 32.9 Å². The summed E-state index contributed by atoms with van der Waals surface area (Å²) in [5.41, 5.74) is 1.20. The van der Waals surface area contributed by atoms with Crippen molar-refractivity contribution >= 4 is 12.0 Å². The highest BCUT2D eigenvalue weighted by atomic mass is 15.2. The maximum Gasteiger partial charge on any atom is 0.128 e. The summed E-state index contributed by atoms with van der Waals surface area (Å²) in [6.45, 7) is 6.68. The summed E-state index contributed by atoms with van der Waals surface area (Å²) in [6, 6.07) is 6.65. The van der Waals surface area contributed by atoms with Crippen molar-refractivity contribution in [2.45, 2.75) is 25.4 Å². The zero-order valence-electron chi connectivity index (χ0n) is 12.2. The third-order valence-electron chi connectivity index (χ3n) is 3.91. The van der Waals surface area contributed by atoms with Crippen LogP contribution in [0.5, 0.6) is 0 Å². The molecular formula is C16H21N5. The van der Waals surface area contributed by atoms with Gasteiger partial charge in [0.15, 0.2) is 0 Å². The fraction of sp³-hybridized carbons (Fsp3) is 0.375. The van der Waals surface area contributed by atoms with E-state index in [0.29, 0.717) is 6.04 Å². The number of hydrogen-bond donors (Lipinski definition) is 1. The van der Waals surface area contributed by atoms with Crippen LogP contribution in [-0.2, 0) is 6.54 Å². The first kappa shape index (κ1) is 13.8. The van der Waals surface area contributed by atoms with Crippen molar-refractivity contribution in [3.63, 3.8) is 0 Å². The van der Waals surface area contributed by atoms with Gasteiger partial charge in [-0.1, -0.05) is 12.6 Å². The Morgan fingerprint density at radius 2 is 2.19 bits per heavy atom. The van der Waals surface area contributed by atoms with Gasteiger partial charge in [0.1, 0.15) is 5.82 Å². The molecule has 110 valence electrons. The lowest BCUT2D eigenvalue weighted by molar-refractivity contribution is 0.413. The third kappa shape index (κ3) is 3.49. The van der Waals surface area contributed by atoms with E-state index in [1.807, 2.05) is 30.7 Å². The molecule has 0 atom stereocenters. The molecule has 1 fully saturated rings. The van der Waals surface area contributed by atoms with Crippen molar-refractivity contribution in [3.8, 4) is 0 Å². The second kappa shape index (κ2) is 6.54. The summed E-state index contributed by atoms with van der Waals surface area (Å²) in [5, 5.41) is 7.80. The summed E-state index contributed by atoms with van der Waals surface area (Å²) in [7, 11) is 0. The zero-order chi connectivity index (χ0) is 14.5. The second-order valence-electron chi connectivity index (χ2n) is 5.34. The fourth-order valence-corrected chi connectivity index (χ4v) is 2.68. The minimum atomic E-state index is 0.567. The van der Waals surface area contributed by atoms with Crippen LogP contribution < -0.4 is 10.2 Å². The molecule has 1 saturated heterocycles. The number of nitrogens with one attached hydrogen (secondary N) is 1. The van der Waals surface area contributed by atoms with Gasteiger partial charge in [0.05, 0.1) is 6.20 Å². The van der Waals surface area contributed by atoms with Crippen LogP contribution in [0.2, 0.25) is 0 Å². The Morgan fingerprint density at radius 3 is 2.86 bits per heavy atom. The number of rotatable bonds is 5. The van der Waals surface area contributed by atoms with Gasteiger partial charge in [-0.25, -0.2) is 9.67 Å². The van der Waals surface area contributed by atoms with Crippen LogP contribution in [0.4, 0.5) is 5.82 Å². The summed E-state index contributed by atoms with van der Waals surface area (Å²) >= 11 is 0. The Labute approximate surface area is 125 Å². The third-order valence-corrected chi connectivity index (χ3v) is 3.91. The Kier molecular flexibility index (Phi) is 4.31. The Hall–Kier alpha value is -2.14. The van der Waals surface area contributed by atoms with Crippen LogP contribution in [-0.4, -0.2) is 33.9 Å². The van der Waals surface area contributed by atoms with Gasteiger partial charge in [0.2, 0.25) is 0 Å². The van der Waals surface area contributed by atoms with Crippen LogP contribution in [0.15, 0.2) is 43.4 Å². The monoisotopic (exact) mass is 283 g/mol. The predicted molar refractivity (Wildman–Crippen MR) is 84.9 cm³/mol. The first-order chi connectivity index (χ1) is 10.3. The number of anilines is 1. The molecule has 0 unspecified atom stereocenters. The molecular weight excluding hydrogens is 262 g/mol. The van der Waals surface area contributed by atoms with Crippen molar-refractivity contribution in [1.82, 2.24) is 20.1 Å². The number of nitrogens with zero attached hydrogens (tertiary/aromatic N) is 4. The van der Waals surface area contributed by atoms with Crippen LogP contribution in [0.3, 0.4) is 0 Å². The molecule has 3 heterocycles. The van der Waals surface area contributed by atoms with Gasteiger partial charge in [-0.15, -0.1) is 0 Å². The molecule has 0 bridgehead atoms. The molecule has 5 nitrogen and oxygen atoms in total. The van der Waals surface area contributed by atoms with Crippen LogP contribution >= 0.6 is 0 Å². The quantitative estimate of drug-likeness (QED) is 0.913. The minimum absolute atomic E-state index is 0.567. The van der Waals surface area contributed by atoms with E-state index in [0.717, 1.165) is 38.3 Å². The molecule has 3 rings (SSSR count). The van der Waals surface area contributed by atoms with E-state index in [1.54, 1.807) is 10.9 Å². The van der Waals surface area contributed by atoms with Crippen molar-refractivity contribution in [2.24, 2.45) is 0 Å². The standard InChI is InChI=1S/C16H21N5/c1-2-21-13-14(12-19-21)11-18-15-6-9-20(10-7-15)16-5-3-4-8-17-16/h2-5,8,12-13,15,18H,1,6-7,9-11H2. The lowest BCUT2D eigenvalue weighted by Crippen LogP contribution is -2.42. The molecule has 0 amide bonds. The molecule has 0 spiro atoms. The van der Waals surface area contributed by atoms with Gasteiger partial charge >= 0.3 is 0 Å². The summed E-state index contributed by atoms with van der Waals surface area (Å²) in [6.07, 6.45) is 9.74. The first-order valence-electron chi connectivity index (χ1n) is 7.40. The smallest absolute Gasteiger partial charge is 0.128 e. The van der Waals surface area contributed by atoms with Gasteiger partial charge in [-0.3, -0.25) is 0 Å². The molecule has 0 aromatic carbocycles. The molecule has 21 heavy (non-hydrogen) atoms. The van der Waals surface area contributed by atoms with E-state index >= 15 is 0 Å². The van der Waals surface area contributed by atoms with E-state index in [9.17, 15) is 0 Å². The normalized spacial score (nSPS) is 16.1. The van der Waals surface area contributed by atoms with Crippen LogP contribution in [0.25, 0.3) is 6.20 Å². The van der Waals surface area contributed by atoms with Gasteiger partial charge < -0.3 is 10.2 Å². The van der Waals surface area contributed by atoms with Crippen molar-refractivity contribution < 1.29 is 0 Å². The Bertz CT molecular complexity index is 569. The predicted octanol–water partition coefficient (Wildman–Crippen LogP) is 2.14. The highest BCUT2D eigenvalue weighted by Gasteiger charge is 2.19. The van der Waals surface area contributed by atoms with Crippen LogP contribution in [0, 0.1) is 0 Å². The highest BCUT2D eigenvalue weighted by molar-refractivity contribution is 5.38. The molecule has 2 aromatic rings. The molecule has 1 N–H and O–H groups in total. The molecule has 1 aliphatic heterocycles. The minimum Gasteiger partial charge on any atom is -0.357 e. The van der Waals surface area contributed by atoms with Gasteiger partial charge in [0.25, 0.3) is 0 Å². The highest BCUT2D eigenvalue weighted by Crippen LogP contribution is 2.17.